The number of allylic oxidation sites excluding steroid dienone is 12. The first kappa shape index (κ1) is 12.2. The van der Waals surface area contributed by atoms with Crippen LogP contribution in [0.4, 0.5) is 0 Å². The molecule has 0 aliphatic heterocycles. The van der Waals surface area contributed by atoms with Gasteiger partial charge in [-0.15, -0.1) is 0 Å². The van der Waals surface area contributed by atoms with Crippen LogP contribution in [-0.2, 0) is 0 Å². The standard InChI is InChI=1S/C20H22/c1-14-12-20-17-9-5-4-8-16(17)10-11-18(20)19(14)13-15-6-2-3-7-15/h2-3,6,10-12,20H,4-5,7-9,13H2,1H3. The van der Waals surface area contributed by atoms with Gasteiger partial charge in [0.15, 0.2) is 0 Å². The van der Waals surface area contributed by atoms with Crippen molar-refractivity contribution >= 4 is 0 Å². The Morgan fingerprint density at radius 3 is 2.90 bits per heavy atom. The largest absolute Gasteiger partial charge is 0.0804 e. The predicted octanol–water partition coefficient (Wildman–Crippen LogP) is 5.58. The molecule has 1 unspecified atom stereocenters. The monoisotopic (exact) mass is 262 g/mol. The van der Waals surface area contributed by atoms with Crippen LogP contribution in [0.25, 0.3) is 0 Å². The van der Waals surface area contributed by atoms with E-state index in [1.807, 2.05) is 0 Å². The molecule has 0 saturated carbocycles. The quantitative estimate of drug-likeness (QED) is 0.609. The zero-order valence-corrected chi connectivity index (χ0v) is 12.3. The van der Waals surface area contributed by atoms with Crippen molar-refractivity contribution in [1.82, 2.24) is 0 Å². The van der Waals surface area contributed by atoms with Gasteiger partial charge in [-0.1, -0.05) is 53.2 Å². The molecule has 0 nitrogen and oxygen atoms in total. The second-order valence-corrected chi connectivity index (χ2v) is 6.49. The third kappa shape index (κ3) is 1.90. The highest BCUT2D eigenvalue weighted by Gasteiger charge is 2.30. The van der Waals surface area contributed by atoms with Crippen LogP contribution in [0.2, 0.25) is 0 Å². The van der Waals surface area contributed by atoms with Crippen molar-refractivity contribution in [3.05, 3.63) is 69.9 Å². The van der Waals surface area contributed by atoms with E-state index in [1.54, 1.807) is 27.9 Å². The highest BCUT2D eigenvalue weighted by molar-refractivity contribution is 5.58. The van der Waals surface area contributed by atoms with E-state index in [9.17, 15) is 0 Å². The van der Waals surface area contributed by atoms with Gasteiger partial charge >= 0.3 is 0 Å². The predicted molar refractivity (Wildman–Crippen MR) is 85.4 cm³/mol. The topological polar surface area (TPSA) is 0 Å². The minimum atomic E-state index is 0.611. The van der Waals surface area contributed by atoms with Gasteiger partial charge in [-0.2, -0.15) is 0 Å². The van der Waals surface area contributed by atoms with Crippen molar-refractivity contribution in [2.75, 3.05) is 0 Å². The van der Waals surface area contributed by atoms with Crippen molar-refractivity contribution in [1.29, 1.82) is 0 Å². The van der Waals surface area contributed by atoms with E-state index in [0.717, 1.165) is 12.8 Å². The molecule has 4 aliphatic carbocycles. The molecular formula is C20H22. The van der Waals surface area contributed by atoms with E-state index in [0.29, 0.717) is 5.92 Å². The molecule has 0 radical (unpaired) electrons. The Labute approximate surface area is 122 Å². The Hall–Kier alpha value is -1.56. The average Bonchev–Trinajstić information content (AvgIpc) is 3.08. The first-order chi connectivity index (χ1) is 9.83. The zero-order chi connectivity index (χ0) is 13.5. The minimum absolute atomic E-state index is 0.611. The van der Waals surface area contributed by atoms with Crippen LogP contribution < -0.4 is 0 Å². The van der Waals surface area contributed by atoms with Crippen LogP contribution >= 0.6 is 0 Å². The Bertz CT molecular complexity index is 629. The molecule has 0 spiro atoms. The zero-order valence-electron chi connectivity index (χ0n) is 12.3. The van der Waals surface area contributed by atoms with Crippen molar-refractivity contribution in [3.63, 3.8) is 0 Å². The fourth-order valence-electron chi connectivity index (χ4n) is 4.13. The Morgan fingerprint density at radius 2 is 2.05 bits per heavy atom. The molecule has 0 bridgehead atoms. The van der Waals surface area contributed by atoms with E-state index >= 15 is 0 Å². The van der Waals surface area contributed by atoms with Gasteiger partial charge in [-0.25, -0.2) is 0 Å². The van der Waals surface area contributed by atoms with E-state index in [2.05, 4.69) is 43.4 Å². The van der Waals surface area contributed by atoms with Crippen molar-refractivity contribution in [2.45, 2.75) is 45.4 Å². The number of hydrogen-bond acceptors (Lipinski definition) is 0. The highest BCUT2D eigenvalue weighted by Crippen LogP contribution is 2.46. The number of rotatable bonds is 2. The molecule has 0 aromatic rings. The van der Waals surface area contributed by atoms with E-state index < -0.39 is 0 Å². The van der Waals surface area contributed by atoms with Crippen LogP contribution in [0.15, 0.2) is 69.9 Å². The Balaban J connectivity index is 1.69. The SMILES string of the molecule is CC1=CC2C(=C1CC1=CC=CC1)C=CC1=C2CCCC1. The molecule has 102 valence electrons. The smallest absolute Gasteiger partial charge is 0.0242 e. The molecular weight excluding hydrogens is 240 g/mol. The van der Waals surface area contributed by atoms with Gasteiger partial charge in [0.05, 0.1) is 0 Å². The normalized spacial score (nSPS) is 27.8. The lowest BCUT2D eigenvalue weighted by Crippen LogP contribution is -2.12. The summed E-state index contributed by atoms with van der Waals surface area (Å²) < 4.78 is 0. The summed E-state index contributed by atoms with van der Waals surface area (Å²) in [5.41, 5.74) is 9.63. The van der Waals surface area contributed by atoms with Crippen LogP contribution in [-0.4, -0.2) is 0 Å². The van der Waals surface area contributed by atoms with Crippen LogP contribution in [0, 0.1) is 5.92 Å². The van der Waals surface area contributed by atoms with Crippen LogP contribution in [0.5, 0.6) is 0 Å². The summed E-state index contributed by atoms with van der Waals surface area (Å²) in [5.74, 6) is 0.611. The lowest BCUT2D eigenvalue weighted by molar-refractivity contribution is 0.637. The van der Waals surface area contributed by atoms with E-state index in [-0.39, 0.29) is 0 Å². The van der Waals surface area contributed by atoms with Crippen LogP contribution in [0.3, 0.4) is 0 Å². The van der Waals surface area contributed by atoms with Gasteiger partial charge in [-0.05, 0) is 62.2 Å². The van der Waals surface area contributed by atoms with Crippen LogP contribution in [0.1, 0.15) is 45.4 Å². The highest BCUT2D eigenvalue weighted by atomic mass is 14.3. The lowest BCUT2D eigenvalue weighted by Gasteiger charge is -2.27. The molecule has 0 amide bonds. The van der Waals surface area contributed by atoms with Gasteiger partial charge in [0, 0.05) is 5.92 Å². The molecule has 0 heterocycles. The van der Waals surface area contributed by atoms with Gasteiger partial charge in [0.25, 0.3) is 0 Å². The number of hydrogen-bond donors (Lipinski definition) is 0. The minimum Gasteiger partial charge on any atom is -0.0804 e. The molecule has 0 saturated heterocycles. The fraction of sp³-hybridized carbons (Fsp3) is 0.400. The summed E-state index contributed by atoms with van der Waals surface area (Å²) in [6.45, 7) is 2.31. The van der Waals surface area contributed by atoms with E-state index in [1.165, 1.54) is 31.3 Å². The third-order valence-corrected chi connectivity index (χ3v) is 5.22. The maximum absolute atomic E-state index is 2.53. The molecule has 1 atom stereocenters. The van der Waals surface area contributed by atoms with Crippen molar-refractivity contribution in [2.24, 2.45) is 5.92 Å². The molecule has 0 fully saturated rings. The summed E-state index contributed by atoms with van der Waals surface area (Å²) in [6, 6.07) is 0. The average molecular weight is 262 g/mol. The summed E-state index contributed by atoms with van der Waals surface area (Å²) in [4.78, 5) is 0. The van der Waals surface area contributed by atoms with Crippen molar-refractivity contribution < 1.29 is 0 Å². The summed E-state index contributed by atoms with van der Waals surface area (Å²) in [5, 5.41) is 0. The van der Waals surface area contributed by atoms with Gasteiger partial charge < -0.3 is 0 Å². The summed E-state index contributed by atoms with van der Waals surface area (Å²) in [7, 11) is 0. The second-order valence-electron chi connectivity index (χ2n) is 6.49. The maximum Gasteiger partial charge on any atom is 0.0242 e. The fourth-order valence-corrected chi connectivity index (χ4v) is 4.13. The molecule has 20 heavy (non-hydrogen) atoms. The molecule has 4 aliphatic rings. The first-order valence-corrected chi connectivity index (χ1v) is 7.99. The molecule has 0 aromatic heterocycles. The summed E-state index contributed by atoms with van der Waals surface area (Å²) in [6.07, 6.45) is 21.8. The third-order valence-electron chi connectivity index (χ3n) is 5.22. The molecule has 0 heteroatoms. The number of fused-ring (bicyclic) bond motifs is 2. The van der Waals surface area contributed by atoms with Gasteiger partial charge in [0.2, 0.25) is 0 Å². The first-order valence-electron chi connectivity index (χ1n) is 7.99. The molecule has 4 rings (SSSR count). The Morgan fingerprint density at radius 1 is 1.15 bits per heavy atom. The maximum atomic E-state index is 2.53. The molecule has 0 aromatic carbocycles. The van der Waals surface area contributed by atoms with E-state index in [4.69, 9.17) is 0 Å². The van der Waals surface area contributed by atoms with Crippen molar-refractivity contribution in [3.8, 4) is 0 Å². The molecule has 0 N–H and O–H groups in total. The Kier molecular flexibility index (Phi) is 2.91. The van der Waals surface area contributed by atoms with Gasteiger partial charge in [-0.3, -0.25) is 0 Å². The summed E-state index contributed by atoms with van der Waals surface area (Å²) >= 11 is 0. The lowest BCUT2D eigenvalue weighted by atomic mass is 9.77. The van der Waals surface area contributed by atoms with Gasteiger partial charge in [0.1, 0.15) is 0 Å². The second kappa shape index (κ2) is 4.77.